The highest BCUT2D eigenvalue weighted by Gasteiger charge is 2.22. The lowest BCUT2D eigenvalue weighted by molar-refractivity contribution is 0.199. The van der Waals surface area contributed by atoms with Crippen LogP contribution in [-0.4, -0.2) is 64.3 Å². The molecule has 1 aromatic carbocycles. The maximum Gasteiger partial charge on any atom is 0.229 e. The third-order valence-electron chi connectivity index (χ3n) is 6.26. The number of anilines is 4. The predicted octanol–water partition coefficient (Wildman–Crippen LogP) is 4.91. The Kier molecular flexibility index (Phi) is 7.73. The van der Waals surface area contributed by atoms with E-state index < -0.39 is 11.6 Å². The van der Waals surface area contributed by atoms with Crippen molar-refractivity contribution in [1.82, 2.24) is 19.9 Å². The van der Waals surface area contributed by atoms with E-state index >= 15 is 0 Å². The van der Waals surface area contributed by atoms with Crippen molar-refractivity contribution in [2.24, 2.45) is 0 Å². The summed E-state index contributed by atoms with van der Waals surface area (Å²) < 4.78 is 29.4. The molecule has 0 aliphatic carbocycles. The Hall–Kier alpha value is -3.66. The molecule has 0 saturated carbocycles. The summed E-state index contributed by atoms with van der Waals surface area (Å²) >= 11 is 0. The van der Waals surface area contributed by atoms with Crippen LogP contribution in [0.5, 0.6) is 0 Å². The van der Waals surface area contributed by atoms with E-state index in [1.54, 1.807) is 12.3 Å². The summed E-state index contributed by atoms with van der Waals surface area (Å²) in [6.07, 6.45) is 3.79. The number of nitrogens with one attached hydrogen (secondary N) is 3. The fraction of sp³-hybridized carbons (Fsp3) is 0.385. The average molecular weight is 495 g/mol. The summed E-state index contributed by atoms with van der Waals surface area (Å²) in [4.78, 5) is 17.6. The molecule has 3 aromatic rings. The minimum Gasteiger partial charge on any atom is -0.382 e. The molecule has 36 heavy (non-hydrogen) atoms. The fourth-order valence-corrected chi connectivity index (χ4v) is 4.42. The van der Waals surface area contributed by atoms with Crippen molar-refractivity contribution in [1.29, 1.82) is 5.41 Å². The number of benzene rings is 1. The Morgan fingerprint density at radius 2 is 1.94 bits per heavy atom. The van der Waals surface area contributed by atoms with E-state index in [1.165, 1.54) is 6.07 Å². The number of likely N-dealkylation sites (N-methyl/N-ethyl adjacent to an activating group) is 1. The molecule has 3 heterocycles. The Morgan fingerprint density at radius 3 is 2.58 bits per heavy atom. The van der Waals surface area contributed by atoms with Gasteiger partial charge in [-0.2, -0.15) is 0 Å². The highest BCUT2D eigenvalue weighted by Crippen LogP contribution is 2.29. The molecule has 0 radical (unpaired) electrons. The molecule has 0 amide bonds. The zero-order valence-corrected chi connectivity index (χ0v) is 21.0. The van der Waals surface area contributed by atoms with Crippen molar-refractivity contribution >= 4 is 29.4 Å². The van der Waals surface area contributed by atoms with Gasteiger partial charge in [-0.1, -0.05) is 6.92 Å². The van der Waals surface area contributed by atoms with Crippen LogP contribution in [0.1, 0.15) is 33.3 Å². The monoisotopic (exact) mass is 494 g/mol. The molecule has 1 fully saturated rings. The predicted molar refractivity (Wildman–Crippen MR) is 140 cm³/mol. The Labute approximate surface area is 210 Å². The summed E-state index contributed by atoms with van der Waals surface area (Å²) in [5.41, 5.74) is 1.74. The van der Waals surface area contributed by atoms with Crippen LogP contribution in [0.15, 0.2) is 36.7 Å². The largest absolute Gasteiger partial charge is 0.382 e. The Morgan fingerprint density at radius 1 is 1.14 bits per heavy atom. The number of aromatic nitrogens is 3. The molecule has 3 N–H and O–H groups in total. The summed E-state index contributed by atoms with van der Waals surface area (Å²) in [5.74, 6) is -0.651. The van der Waals surface area contributed by atoms with Crippen LogP contribution < -0.4 is 15.5 Å². The number of hydrogen-bond donors (Lipinski definition) is 3. The first-order chi connectivity index (χ1) is 17.3. The number of hydrogen-bond acceptors (Lipinski definition) is 8. The van der Waals surface area contributed by atoms with E-state index in [1.807, 2.05) is 26.0 Å². The second-order valence-electron chi connectivity index (χ2n) is 9.20. The molecule has 10 heteroatoms. The maximum atomic E-state index is 14.7. The number of halogens is 2. The van der Waals surface area contributed by atoms with Crippen molar-refractivity contribution < 1.29 is 8.78 Å². The smallest absolute Gasteiger partial charge is 0.229 e. The molecule has 190 valence electrons. The van der Waals surface area contributed by atoms with Gasteiger partial charge in [0.15, 0.2) is 5.82 Å². The zero-order valence-electron chi connectivity index (χ0n) is 21.0. The van der Waals surface area contributed by atoms with Gasteiger partial charge in [-0.3, -0.25) is 4.90 Å². The van der Waals surface area contributed by atoms with Crippen LogP contribution in [0.2, 0.25) is 0 Å². The molecule has 0 spiro atoms. The van der Waals surface area contributed by atoms with Crippen LogP contribution in [0.3, 0.4) is 0 Å². The summed E-state index contributed by atoms with van der Waals surface area (Å²) in [7, 11) is 0. The third kappa shape index (κ3) is 5.59. The quantitative estimate of drug-likeness (QED) is 0.383. The van der Waals surface area contributed by atoms with Crippen molar-refractivity contribution in [3.63, 3.8) is 0 Å². The number of nitrogens with zero attached hydrogens (tertiary/aromatic N) is 5. The minimum atomic E-state index is -0.679. The van der Waals surface area contributed by atoms with Crippen LogP contribution in [0.4, 0.5) is 31.9 Å². The van der Waals surface area contributed by atoms with E-state index in [-0.39, 0.29) is 28.8 Å². The number of rotatable bonds is 8. The lowest BCUT2D eigenvalue weighted by Crippen LogP contribution is -2.51. The van der Waals surface area contributed by atoms with Crippen molar-refractivity contribution in [2.45, 2.75) is 39.8 Å². The van der Waals surface area contributed by atoms with Gasteiger partial charge in [0.05, 0.1) is 23.6 Å². The number of piperazine rings is 1. The molecule has 1 unspecified atom stereocenters. The first kappa shape index (κ1) is 25.4. The zero-order chi connectivity index (χ0) is 25.8. The molecule has 8 nitrogen and oxygen atoms in total. The normalized spacial score (nSPS) is 16.3. The molecule has 1 aliphatic rings. The van der Waals surface area contributed by atoms with Crippen LogP contribution in [0, 0.1) is 17.0 Å². The summed E-state index contributed by atoms with van der Waals surface area (Å²) in [5, 5.41) is 13.6. The van der Waals surface area contributed by atoms with Gasteiger partial charge in [-0.15, -0.1) is 0 Å². The standard InChI is InChI=1S/C26H32F2N8/c1-5-35-8-9-36(15-17(35)4)19-6-7-24(30-13-19)33-26-31-14-22(28)25(34-26)18-10-21(27)20(12-29)23(11-18)32-16(2)3/h6-7,10-14,16-17,29,32H,5,8-9,15H2,1-4H3,(H,30,31,33,34). The fourth-order valence-electron chi connectivity index (χ4n) is 4.42. The molecule has 1 aliphatic heterocycles. The SMILES string of the molecule is CCN1CCN(c2ccc(Nc3ncc(F)c(-c4cc(F)c(C=N)c(NC(C)C)c4)n3)nc2)CC1C. The van der Waals surface area contributed by atoms with Crippen molar-refractivity contribution in [3.05, 3.63) is 53.9 Å². The molecule has 2 aromatic heterocycles. The van der Waals surface area contributed by atoms with Gasteiger partial charge in [-0.05, 0) is 51.6 Å². The van der Waals surface area contributed by atoms with E-state index in [4.69, 9.17) is 5.41 Å². The second kappa shape index (κ2) is 10.9. The van der Waals surface area contributed by atoms with Crippen molar-refractivity contribution in [2.75, 3.05) is 41.7 Å². The highest BCUT2D eigenvalue weighted by atomic mass is 19.1. The minimum absolute atomic E-state index is 0.00130. The highest BCUT2D eigenvalue weighted by molar-refractivity contribution is 5.88. The summed E-state index contributed by atoms with van der Waals surface area (Å²) in [6.45, 7) is 12.1. The topological polar surface area (TPSA) is 93.1 Å². The second-order valence-corrected chi connectivity index (χ2v) is 9.20. The molecular weight excluding hydrogens is 462 g/mol. The van der Waals surface area contributed by atoms with Crippen LogP contribution in [0.25, 0.3) is 11.3 Å². The molecule has 0 bridgehead atoms. The van der Waals surface area contributed by atoms with E-state index in [0.717, 1.165) is 44.3 Å². The van der Waals surface area contributed by atoms with E-state index in [0.29, 0.717) is 17.5 Å². The third-order valence-corrected chi connectivity index (χ3v) is 6.26. The lowest BCUT2D eigenvalue weighted by atomic mass is 10.0. The van der Waals surface area contributed by atoms with Gasteiger partial charge in [0.25, 0.3) is 0 Å². The van der Waals surface area contributed by atoms with Gasteiger partial charge in [0.1, 0.15) is 17.3 Å². The van der Waals surface area contributed by atoms with Gasteiger partial charge < -0.3 is 20.9 Å². The van der Waals surface area contributed by atoms with Gasteiger partial charge in [0, 0.05) is 49.2 Å². The van der Waals surface area contributed by atoms with E-state index in [2.05, 4.69) is 49.2 Å². The Bertz CT molecular complexity index is 1220. The lowest BCUT2D eigenvalue weighted by Gasteiger charge is -2.40. The van der Waals surface area contributed by atoms with Gasteiger partial charge in [-0.25, -0.2) is 23.7 Å². The molecular formula is C26H32F2N8. The van der Waals surface area contributed by atoms with Gasteiger partial charge >= 0.3 is 0 Å². The van der Waals surface area contributed by atoms with E-state index in [9.17, 15) is 8.78 Å². The van der Waals surface area contributed by atoms with Crippen LogP contribution in [-0.2, 0) is 0 Å². The summed E-state index contributed by atoms with van der Waals surface area (Å²) in [6, 6.07) is 7.06. The first-order valence-electron chi connectivity index (χ1n) is 12.1. The Balaban J connectivity index is 1.54. The first-order valence-corrected chi connectivity index (χ1v) is 12.1. The van der Waals surface area contributed by atoms with Gasteiger partial charge in [0.2, 0.25) is 5.95 Å². The number of pyridine rings is 1. The average Bonchev–Trinajstić information content (AvgIpc) is 2.85. The molecule has 1 saturated heterocycles. The molecule has 1 atom stereocenters. The maximum absolute atomic E-state index is 14.7. The van der Waals surface area contributed by atoms with Crippen molar-refractivity contribution in [3.8, 4) is 11.3 Å². The molecule has 4 rings (SSSR count). The van der Waals surface area contributed by atoms with Crippen LogP contribution >= 0.6 is 0 Å².